The molecule has 8 nitrogen and oxygen atoms in total. The average molecular weight is 628 g/mol. The van der Waals surface area contributed by atoms with Crippen LogP contribution in [0.15, 0.2) is 94.0 Å². The molecule has 0 N–H and O–H groups in total. The van der Waals surface area contributed by atoms with Crippen LogP contribution in [0.3, 0.4) is 0 Å². The molecule has 0 fully saturated rings. The van der Waals surface area contributed by atoms with Crippen LogP contribution in [0.4, 0.5) is 0 Å². The zero-order chi connectivity index (χ0) is 31.0. The zero-order valence-electron chi connectivity index (χ0n) is 24.7. The molecule has 0 amide bonds. The Morgan fingerprint density at radius 1 is 1.05 bits per heavy atom. The summed E-state index contributed by atoms with van der Waals surface area (Å²) in [4.78, 5) is 32.7. The molecule has 3 heterocycles. The van der Waals surface area contributed by atoms with E-state index in [1.54, 1.807) is 44.8 Å². The fourth-order valence-corrected chi connectivity index (χ4v) is 6.84. The Hall–Kier alpha value is -4.60. The largest absolute Gasteiger partial charge is 0.493 e. The maximum Gasteiger partial charge on any atom is 0.338 e. The first-order chi connectivity index (χ1) is 21.3. The van der Waals surface area contributed by atoms with Crippen LogP contribution in [0, 0.1) is 0 Å². The van der Waals surface area contributed by atoms with Crippen LogP contribution in [0.1, 0.15) is 36.6 Å². The van der Waals surface area contributed by atoms with E-state index in [4.69, 9.17) is 30.8 Å². The summed E-state index contributed by atoms with van der Waals surface area (Å²) in [6.45, 7) is 4.28. The second kappa shape index (κ2) is 12.2. The van der Waals surface area contributed by atoms with Gasteiger partial charge in [0, 0.05) is 34.2 Å². The number of nitrogens with zero attached hydrogens (tertiary/aromatic N) is 3. The summed E-state index contributed by atoms with van der Waals surface area (Å²) in [6, 6.07) is 20.4. The summed E-state index contributed by atoms with van der Waals surface area (Å²) < 4.78 is 20.6. The average Bonchev–Trinajstić information content (AvgIpc) is 3.53. The second-order valence-electron chi connectivity index (χ2n) is 10.2. The standard InChI is InChI=1S/C34H30ClN3O5S/c1-5-43-33(40)30-20(2)36-34-38(31(30)21-14-15-27(41-3)28(16-21)42-4)32(39)29(44-34)17-23-19-37(26-13-9-7-11-24(23)26)18-22-10-6-8-12-25(22)35/h6-17,19,31H,5,18H2,1-4H3/b29-17-/t31-/m0/s1. The van der Waals surface area contributed by atoms with Gasteiger partial charge >= 0.3 is 5.97 Å². The third-order valence-corrected chi connectivity index (χ3v) is 9.00. The summed E-state index contributed by atoms with van der Waals surface area (Å²) in [5.41, 5.74) is 4.12. The molecule has 0 spiro atoms. The summed E-state index contributed by atoms with van der Waals surface area (Å²) in [7, 11) is 3.10. The molecule has 1 aliphatic rings. The van der Waals surface area contributed by atoms with Gasteiger partial charge in [0.2, 0.25) is 0 Å². The number of aromatic nitrogens is 2. The first-order valence-corrected chi connectivity index (χ1v) is 15.3. The van der Waals surface area contributed by atoms with Crippen LogP contribution >= 0.6 is 22.9 Å². The van der Waals surface area contributed by atoms with Crippen molar-refractivity contribution in [1.82, 2.24) is 9.13 Å². The third-order valence-electron chi connectivity index (χ3n) is 7.64. The quantitative estimate of drug-likeness (QED) is 0.213. The van der Waals surface area contributed by atoms with Gasteiger partial charge < -0.3 is 18.8 Å². The lowest BCUT2D eigenvalue weighted by molar-refractivity contribution is -0.139. The van der Waals surface area contributed by atoms with Crippen molar-refractivity contribution in [3.05, 3.63) is 126 Å². The van der Waals surface area contributed by atoms with Crippen molar-refractivity contribution in [1.29, 1.82) is 0 Å². The van der Waals surface area contributed by atoms with Crippen molar-refractivity contribution >= 4 is 45.9 Å². The maximum absolute atomic E-state index is 14.2. The number of allylic oxidation sites excluding steroid dienone is 1. The minimum atomic E-state index is -0.770. The molecule has 44 heavy (non-hydrogen) atoms. The number of carbonyl (C=O) groups excluding carboxylic acids is 1. The lowest BCUT2D eigenvalue weighted by atomic mass is 9.95. The van der Waals surface area contributed by atoms with Crippen LogP contribution in [-0.4, -0.2) is 35.9 Å². The molecule has 224 valence electrons. The molecule has 0 saturated carbocycles. The fraction of sp³-hybridized carbons (Fsp3) is 0.206. The van der Waals surface area contributed by atoms with Gasteiger partial charge in [-0.25, -0.2) is 9.79 Å². The summed E-state index contributed by atoms with van der Waals surface area (Å²) in [5.74, 6) is 0.497. The Kier molecular flexibility index (Phi) is 8.16. The van der Waals surface area contributed by atoms with Crippen molar-refractivity contribution < 1.29 is 19.0 Å². The van der Waals surface area contributed by atoms with Crippen LogP contribution in [0.2, 0.25) is 5.02 Å². The lowest BCUT2D eigenvalue weighted by Gasteiger charge is -2.25. The van der Waals surface area contributed by atoms with E-state index in [2.05, 4.69) is 10.6 Å². The molecule has 5 aromatic rings. The fourth-order valence-electron chi connectivity index (χ4n) is 5.60. The van der Waals surface area contributed by atoms with Gasteiger partial charge in [-0.15, -0.1) is 0 Å². The number of hydrogen-bond donors (Lipinski definition) is 0. The van der Waals surface area contributed by atoms with Gasteiger partial charge in [-0.1, -0.05) is 65.4 Å². The topological polar surface area (TPSA) is 84.1 Å². The van der Waals surface area contributed by atoms with Crippen LogP contribution in [0.5, 0.6) is 11.5 Å². The van der Waals surface area contributed by atoms with Crippen LogP contribution in [-0.2, 0) is 16.1 Å². The third kappa shape index (κ3) is 5.22. The van der Waals surface area contributed by atoms with Gasteiger partial charge in [-0.2, -0.15) is 0 Å². The molecule has 0 radical (unpaired) electrons. The highest BCUT2D eigenvalue weighted by molar-refractivity contribution is 7.07. The predicted molar refractivity (Wildman–Crippen MR) is 172 cm³/mol. The Bertz CT molecular complexity index is 2120. The SMILES string of the molecule is CCOC(=O)C1=C(C)N=c2s/c(=C\c3cn(Cc4ccccc4Cl)c4ccccc34)c(=O)n2[C@H]1c1ccc(OC)c(OC)c1. The van der Waals surface area contributed by atoms with Gasteiger partial charge in [0.05, 0.1) is 42.7 Å². The normalized spacial score (nSPS) is 14.8. The maximum atomic E-state index is 14.2. The Morgan fingerprint density at radius 2 is 1.80 bits per heavy atom. The minimum Gasteiger partial charge on any atom is -0.493 e. The van der Waals surface area contributed by atoms with Crippen molar-refractivity contribution in [3.63, 3.8) is 0 Å². The Labute approximate surface area is 262 Å². The smallest absolute Gasteiger partial charge is 0.338 e. The van der Waals surface area contributed by atoms with E-state index < -0.39 is 12.0 Å². The molecular formula is C34H30ClN3O5S. The molecule has 0 unspecified atom stereocenters. The number of rotatable bonds is 8. The number of methoxy groups -OCH3 is 2. The van der Waals surface area contributed by atoms with Gasteiger partial charge in [0.1, 0.15) is 0 Å². The minimum absolute atomic E-state index is 0.191. The monoisotopic (exact) mass is 627 g/mol. The van der Waals surface area contributed by atoms with E-state index in [0.717, 1.165) is 22.0 Å². The number of halogens is 1. The van der Waals surface area contributed by atoms with Crippen molar-refractivity contribution in [2.24, 2.45) is 4.99 Å². The van der Waals surface area contributed by atoms with E-state index in [9.17, 15) is 9.59 Å². The van der Waals surface area contributed by atoms with Crippen LogP contribution < -0.4 is 24.4 Å². The van der Waals surface area contributed by atoms with Crippen molar-refractivity contribution in [2.75, 3.05) is 20.8 Å². The molecular weight excluding hydrogens is 598 g/mol. The van der Waals surface area contributed by atoms with E-state index in [0.29, 0.717) is 49.2 Å². The van der Waals surface area contributed by atoms with E-state index >= 15 is 0 Å². The van der Waals surface area contributed by atoms with E-state index in [1.807, 2.05) is 60.8 Å². The Balaban J connectivity index is 1.53. The second-order valence-corrected chi connectivity index (χ2v) is 11.7. The Morgan fingerprint density at radius 3 is 2.55 bits per heavy atom. The van der Waals surface area contributed by atoms with E-state index in [-0.39, 0.29) is 12.2 Å². The highest BCUT2D eigenvalue weighted by Crippen LogP contribution is 2.36. The number of fused-ring (bicyclic) bond motifs is 2. The van der Waals surface area contributed by atoms with Crippen molar-refractivity contribution in [3.8, 4) is 11.5 Å². The molecule has 1 aliphatic heterocycles. The molecule has 3 aromatic carbocycles. The number of para-hydroxylation sites is 1. The molecule has 0 aliphatic carbocycles. The molecule has 1 atom stereocenters. The summed E-state index contributed by atoms with van der Waals surface area (Å²) in [6.07, 6.45) is 3.93. The van der Waals surface area contributed by atoms with Crippen LogP contribution in [0.25, 0.3) is 17.0 Å². The van der Waals surface area contributed by atoms with Gasteiger partial charge in [-0.3, -0.25) is 9.36 Å². The van der Waals surface area contributed by atoms with E-state index in [1.165, 1.54) is 11.3 Å². The number of thiazole rings is 1. The van der Waals surface area contributed by atoms with Crippen molar-refractivity contribution in [2.45, 2.75) is 26.4 Å². The first-order valence-electron chi connectivity index (χ1n) is 14.1. The summed E-state index contributed by atoms with van der Waals surface area (Å²) >= 11 is 7.76. The highest BCUT2D eigenvalue weighted by Gasteiger charge is 2.34. The number of carbonyl (C=O) groups is 1. The van der Waals surface area contributed by atoms with Gasteiger partial charge in [-0.05, 0) is 55.3 Å². The van der Waals surface area contributed by atoms with Gasteiger partial charge in [0.25, 0.3) is 5.56 Å². The predicted octanol–water partition coefficient (Wildman–Crippen LogP) is 5.47. The molecule has 2 aromatic heterocycles. The number of ether oxygens (including phenoxy) is 3. The van der Waals surface area contributed by atoms with Gasteiger partial charge in [0.15, 0.2) is 16.3 Å². The molecule has 0 saturated heterocycles. The molecule has 0 bridgehead atoms. The highest BCUT2D eigenvalue weighted by atomic mass is 35.5. The number of esters is 1. The first kappa shape index (κ1) is 29.5. The molecule has 6 rings (SSSR count). The lowest BCUT2D eigenvalue weighted by Crippen LogP contribution is -2.39. The molecule has 10 heteroatoms. The zero-order valence-corrected chi connectivity index (χ0v) is 26.2. The summed E-state index contributed by atoms with van der Waals surface area (Å²) in [5, 5.41) is 1.70. The number of benzene rings is 3. The number of hydrogen-bond acceptors (Lipinski definition) is 7.